The van der Waals surface area contributed by atoms with Gasteiger partial charge in [0.15, 0.2) is 5.82 Å². The zero-order chi connectivity index (χ0) is 19.3. The van der Waals surface area contributed by atoms with E-state index in [1.54, 1.807) is 43.8 Å². The molecule has 0 aliphatic carbocycles. The van der Waals surface area contributed by atoms with Crippen LogP contribution in [0.1, 0.15) is 23.2 Å². The number of carbonyl (C=O) groups excluding carboxylic acids is 1. The van der Waals surface area contributed by atoms with Crippen LogP contribution in [-0.2, 0) is 0 Å². The maximum absolute atomic E-state index is 12.5. The standard InChI is InChI=1S/C21H23N5O2/c1-28-18-6-4-16(5-7-18)21(27)23-17-3-2-12-26(14-17)20-13-19(24-25-20)15-8-10-22-11-9-15/h4-11,13,17H,2-3,12,14H2,1H3,(H,23,27)(H,24,25). The average Bonchev–Trinajstić information content (AvgIpc) is 3.25. The van der Waals surface area contributed by atoms with E-state index in [1.165, 1.54) is 0 Å². The summed E-state index contributed by atoms with van der Waals surface area (Å²) in [6, 6.07) is 13.2. The highest BCUT2D eigenvalue weighted by Gasteiger charge is 2.23. The summed E-state index contributed by atoms with van der Waals surface area (Å²) in [5.41, 5.74) is 2.65. The van der Waals surface area contributed by atoms with Gasteiger partial charge in [0.2, 0.25) is 0 Å². The number of carbonyl (C=O) groups is 1. The number of methoxy groups -OCH3 is 1. The SMILES string of the molecule is COc1ccc(C(=O)NC2CCCN(c3cc(-c4ccncc4)[nH]n3)C2)cc1. The van der Waals surface area contributed by atoms with Crippen LogP contribution >= 0.6 is 0 Å². The number of hydrogen-bond acceptors (Lipinski definition) is 5. The Kier molecular flexibility index (Phi) is 5.23. The van der Waals surface area contributed by atoms with Gasteiger partial charge in [0, 0.05) is 48.7 Å². The lowest BCUT2D eigenvalue weighted by Crippen LogP contribution is -2.48. The largest absolute Gasteiger partial charge is 0.497 e. The molecule has 1 aliphatic heterocycles. The lowest BCUT2D eigenvalue weighted by atomic mass is 10.0. The van der Waals surface area contributed by atoms with Crippen LogP contribution in [0.15, 0.2) is 54.9 Å². The van der Waals surface area contributed by atoms with E-state index in [9.17, 15) is 4.79 Å². The minimum atomic E-state index is -0.0611. The van der Waals surface area contributed by atoms with Crippen molar-refractivity contribution in [1.29, 1.82) is 0 Å². The van der Waals surface area contributed by atoms with Crippen LogP contribution in [0.2, 0.25) is 0 Å². The van der Waals surface area contributed by atoms with Crippen LogP contribution in [0, 0.1) is 0 Å². The first kappa shape index (κ1) is 18.0. The Morgan fingerprint density at radius 3 is 2.75 bits per heavy atom. The smallest absolute Gasteiger partial charge is 0.251 e. The van der Waals surface area contributed by atoms with Crippen molar-refractivity contribution >= 4 is 11.7 Å². The fraction of sp³-hybridized carbons (Fsp3) is 0.286. The number of piperidine rings is 1. The molecule has 2 aromatic heterocycles. The molecule has 1 saturated heterocycles. The number of ether oxygens (including phenoxy) is 1. The van der Waals surface area contributed by atoms with Gasteiger partial charge >= 0.3 is 0 Å². The summed E-state index contributed by atoms with van der Waals surface area (Å²) in [6.07, 6.45) is 5.49. The molecule has 28 heavy (non-hydrogen) atoms. The van der Waals surface area contributed by atoms with E-state index in [0.717, 1.165) is 48.8 Å². The fourth-order valence-corrected chi connectivity index (χ4v) is 3.47. The highest BCUT2D eigenvalue weighted by atomic mass is 16.5. The fourth-order valence-electron chi connectivity index (χ4n) is 3.47. The topological polar surface area (TPSA) is 83.1 Å². The van der Waals surface area contributed by atoms with E-state index in [4.69, 9.17) is 4.74 Å². The van der Waals surface area contributed by atoms with Gasteiger partial charge in [-0.3, -0.25) is 14.9 Å². The van der Waals surface area contributed by atoms with E-state index >= 15 is 0 Å². The maximum Gasteiger partial charge on any atom is 0.251 e. The molecule has 1 aromatic carbocycles. The number of aromatic amines is 1. The molecule has 3 aromatic rings. The predicted octanol–water partition coefficient (Wildman–Crippen LogP) is 2.88. The van der Waals surface area contributed by atoms with Crippen LogP contribution in [0.3, 0.4) is 0 Å². The Hall–Kier alpha value is -3.35. The third-order valence-corrected chi connectivity index (χ3v) is 4.99. The van der Waals surface area contributed by atoms with Gasteiger partial charge in [0.1, 0.15) is 5.75 Å². The summed E-state index contributed by atoms with van der Waals surface area (Å²) in [5, 5.41) is 10.7. The molecule has 0 spiro atoms. The number of rotatable bonds is 5. The Labute approximate surface area is 163 Å². The molecule has 0 saturated carbocycles. The van der Waals surface area contributed by atoms with Gasteiger partial charge in [0.05, 0.1) is 12.8 Å². The van der Waals surface area contributed by atoms with E-state index in [2.05, 4.69) is 25.4 Å². The highest BCUT2D eigenvalue weighted by molar-refractivity contribution is 5.94. The Morgan fingerprint density at radius 1 is 1.21 bits per heavy atom. The molecule has 1 amide bonds. The molecule has 3 heterocycles. The van der Waals surface area contributed by atoms with Gasteiger partial charge in [0.25, 0.3) is 5.91 Å². The van der Waals surface area contributed by atoms with Crippen molar-refractivity contribution < 1.29 is 9.53 Å². The molecule has 1 fully saturated rings. The number of nitrogens with zero attached hydrogens (tertiary/aromatic N) is 3. The summed E-state index contributed by atoms with van der Waals surface area (Å²) in [6.45, 7) is 1.66. The zero-order valence-corrected chi connectivity index (χ0v) is 15.8. The van der Waals surface area contributed by atoms with Crippen molar-refractivity contribution in [1.82, 2.24) is 20.5 Å². The minimum absolute atomic E-state index is 0.0611. The van der Waals surface area contributed by atoms with Crippen LogP contribution in [-0.4, -0.2) is 47.3 Å². The lowest BCUT2D eigenvalue weighted by Gasteiger charge is -2.33. The number of aromatic nitrogens is 3. The number of benzene rings is 1. The van der Waals surface area contributed by atoms with E-state index in [1.807, 2.05) is 18.2 Å². The average molecular weight is 377 g/mol. The van der Waals surface area contributed by atoms with Crippen LogP contribution in [0.25, 0.3) is 11.3 Å². The number of anilines is 1. The molecule has 4 rings (SSSR count). The third-order valence-electron chi connectivity index (χ3n) is 4.99. The van der Waals surface area contributed by atoms with Crippen LogP contribution in [0.5, 0.6) is 5.75 Å². The Balaban J connectivity index is 1.40. The lowest BCUT2D eigenvalue weighted by molar-refractivity contribution is 0.0933. The van der Waals surface area contributed by atoms with E-state index in [-0.39, 0.29) is 11.9 Å². The second-order valence-corrected chi connectivity index (χ2v) is 6.86. The molecule has 1 aliphatic rings. The van der Waals surface area contributed by atoms with Crippen molar-refractivity contribution in [2.24, 2.45) is 0 Å². The monoisotopic (exact) mass is 377 g/mol. The number of pyridine rings is 1. The van der Waals surface area contributed by atoms with Crippen molar-refractivity contribution in [3.63, 3.8) is 0 Å². The summed E-state index contributed by atoms with van der Waals surface area (Å²) < 4.78 is 5.14. The Morgan fingerprint density at radius 2 is 2.00 bits per heavy atom. The molecular formula is C21H23N5O2. The van der Waals surface area contributed by atoms with E-state index in [0.29, 0.717) is 5.56 Å². The first-order valence-electron chi connectivity index (χ1n) is 9.38. The first-order valence-corrected chi connectivity index (χ1v) is 9.38. The van der Waals surface area contributed by atoms with Gasteiger partial charge in [-0.1, -0.05) is 0 Å². The molecule has 0 bridgehead atoms. The number of nitrogens with one attached hydrogen (secondary N) is 2. The quantitative estimate of drug-likeness (QED) is 0.714. The summed E-state index contributed by atoms with van der Waals surface area (Å²) >= 11 is 0. The molecule has 0 radical (unpaired) electrons. The summed E-state index contributed by atoms with van der Waals surface area (Å²) in [7, 11) is 1.61. The minimum Gasteiger partial charge on any atom is -0.497 e. The predicted molar refractivity (Wildman–Crippen MR) is 108 cm³/mol. The Bertz CT molecular complexity index is 923. The molecule has 144 valence electrons. The van der Waals surface area contributed by atoms with Crippen LogP contribution in [0.4, 0.5) is 5.82 Å². The normalized spacial score (nSPS) is 16.6. The molecule has 7 heteroatoms. The second-order valence-electron chi connectivity index (χ2n) is 6.86. The number of H-pyrrole nitrogens is 1. The van der Waals surface area contributed by atoms with Crippen molar-refractivity contribution in [2.75, 3.05) is 25.1 Å². The maximum atomic E-state index is 12.5. The van der Waals surface area contributed by atoms with Gasteiger partial charge in [-0.25, -0.2) is 0 Å². The molecule has 7 nitrogen and oxygen atoms in total. The first-order chi connectivity index (χ1) is 13.7. The molecule has 1 unspecified atom stereocenters. The van der Waals surface area contributed by atoms with Crippen molar-refractivity contribution in [2.45, 2.75) is 18.9 Å². The molecule has 1 atom stereocenters. The third kappa shape index (κ3) is 3.98. The highest BCUT2D eigenvalue weighted by Crippen LogP contribution is 2.24. The van der Waals surface area contributed by atoms with E-state index < -0.39 is 0 Å². The summed E-state index contributed by atoms with van der Waals surface area (Å²) in [5.74, 6) is 1.58. The van der Waals surface area contributed by atoms with Gasteiger partial charge in [-0.15, -0.1) is 0 Å². The summed E-state index contributed by atoms with van der Waals surface area (Å²) in [4.78, 5) is 18.8. The zero-order valence-electron chi connectivity index (χ0n) is 15.8. The van der Waals surface area contributed by atoms with Gasteiger partial charge in [-0.2, -0.15) is 5.10 Å². The van der Waals surface area contributed by atoms with Crippen LogP contribution < -0.4 is 15.0 Å². The molecule has 2 N–H and O–H groups in total. The number of hydrogen-bond donors (Lipinski definition) is 2. The van der Waals surface area contributed by atoms with Crippen molar-refractivity contribution in [3.8, 4) is 17.0 Å². The second kappa shape index (κ2) is 8.12. The number of amides is 1. The van der Waals surface area contributed by atoms with Gasteiger partial charge in [-0.05, 0) is 49.2 Å². The van der Waals surface area contributed by atoms with Crippen molar-refractivity contribution in [3.05, 3.63) is 60.4 Å². The van der Waals surface area contributed by atoms with Gasteiger partial charge < -0.3 is 15.0 Å². The molecular weight excluding hydrogens is 354 g/mol.